The summed E-state index contributed by atoms with van der Waals surface area (Å²) in [4.78, 5) is 18.1. The molecule has 0 saturated heterocycles. The first-order valence-electron chi connectivity index (χ1n) is 12.7. The number of hydrogen-bond acceptors (Lipinski definition) is 5. The number of furan rings is 1. The van der Waals surface area contributed by atoms with Crippen LogP contribution in [-0.4, -0.2) is 18.1 Å². The molecule has 0 spiro atoms. The van der Waals surface area contributed by atoms with E-state index in [1.807, 2.05) is 31.2 Å². The van der Waals surface area contributed by atoms with Gasteiger partial charge in [-0.2, -0.15) is 0 Å². The number of ketones is 1. The van der Waals surface area contributed by atoms with Crippen LogP contribution in [0.1, 0.15) is 110 Å². The molecule has 0 amide bonds. The normalized spacial score (nSPS) is 12.0. The van der Waals surface area contributed by atoms with Gasteiger partial charge in [-0.25, -0.2) is 0 Å². The lowest BCUT2D eigenvalue weighted by Crippen LogP contribution is -2.10. The third-order valence-corrected chi connectivity index (χ3v) is 6.32. The van der Waals surface area contributed by atoms with Gasteiger partial charge in [0.1, 0.15) is 18.1 Å². The average molecular weight is 490 g/mol. The molecule has 192 valence electrons. The Labute approximate surface area is 215 Å². The van der Waals surface area contributed by atoms with E-state index in [2.05, 4.69) is 58.8 Å². The summed E-state index contributed by atoms with van der Waals surface area (Å²) in [6, 6.07) is 15.6. The van der Waals surface area contributed by atoms with Crippen LogP contribution in [0.25, 0.3) is 0 Å². The summed E-state index contributed by atoms with van der Waals surface area (Å²) in [5.74, 6) is 2.72. The average Bonchev–Trinajstić information content (AvgIpc) is 3.28. The van der Waals surface area contributed by atoms with Crippen molar-refractivity contribution in [2.45, 2.75) is 79.8 Å². The Balaban J connectivity index is 1.67. The van der Waals surface area contributed by atoms with Gasteiger partial charge in [-0.05, 0) is 95.8 Å². The predicted octanol–water partition coefficient (Wildman–Crippen LogP) is 8.16. The molecule has 1 aromatic heterocycles. The summed E-state index contributed by atoms with van der Waals surface area (Å²) in [6.45, 7) is 17.5. The zero-order valence-electron chi connectivity index (χ0n) is 22.8. The Kier molecular flexibility index (Phi) is 9.14. The van der Waals surface area contributed by atoms with Crippen molar-refractivity contribution in [2.75, 3.05) is 6.61 Å². The van der Waals surface area contributed by atoms with E-state index in [9.17, 15) is 4.79 Å². The van der Waals surface area contributed by atoms with Gasteiger partial charge in [0.05, 0.1) is 5.71 Å². The second-order valence-corrected chi connectivity index (χ2v) is 10.2. The summed E-state index contributed by atoms with van der Waals surface area (Å²) in [5, 5.41) is 4.40. The molecule has 0 aliphatic carbocycles. The van der Waals surface area contributed by atoms with Gasteiger partial charge in [0, 0.05) is 0 Å². The van der Waals surface area contributed by atoms with E-state index in [-0.39, 0.29) is 12.4 Å². The molecule has 0 aliphatic heterocycles. The third kappa shape index (κ3) is 6.87. The number of ether oxygens (including phenoxy) is 1. The fraction of sp³-hybridized carbons (Fsp3) is 0.419. The first kappa shape index (κ1) is 27.3. The fourth-order valence-electron chi connectivity index (χ4n) is 4.12. The van der Waals surface area contributed by atoms with E-state index in [0.29, 0.717) is 41.6 Å². The highest BCUT2D eigenvalue weighted by atomic mass is 16.6. The number of rotatable bonds is 11. The quantitative estimate of drug-likeness (QED) is 0.155. The lowest BCUT2D eigenvalue weighted by atomic mass is 9.85. The first-order chi connectivity index (χ1) is 17.1. The second-order valence-electron chi connectivity index (χ2n) is 10.2. The Hall–Kier alpha value is -3.34. The summed E-state index contributed by atoms with van der Waals surface area (Å²) in [6.07, 6.45) is 0. The van der Waals surface area contributed by atoms with Gasteiger partial charge >= 0.3 is 0 Å². The molecule has 0 aliphatic rings. The van der Waals surface area contributed by atoms with Crippen LogP contribution in [0.4, 0.5) is 0 Å². The molecule has 0 saturated carbocycles. The van der Waals surface area contributed by atoms with Crippen LogP contribution >= 0.6 is 0 Å². The van der Waals surface area contributed by atoms with Gasteiger partial charge < -0.3 is 14.0 Å². The number of hydrogen-bond donors (Lipinski definition) is 0. The maximum atomic E-state index is 12.2. The van der Waals surface area contributed by atoms with Crippen molar-refractivity contribution in [1.29, 1.82) is 0 Å². The Morgan fingerprint density at radius 3 is 2.00 bits per heavy atom. The van der Waals surface area contributed by atoms with E-state index in [1.54, 1.807) is 19.1 Å². The minimum Gasteiger partial charge on any atom is -0.485 e. The molecule has 3 aromatic rings. The molecule has 0 atom stereocenters. The standard InChI is InChI=1S/C31H39NO4/c1-19(2)25-15-27(20(3)4)29(28(16-25)21(5)6)17-35-32-23(8)24-10-12-26(13-11-24)34-18-30(33)31-14-9-22(7)36-31/h9-16,19-21H,17-18H2,1-8H3. The smallest absolute Gasteiger partial charge is 0.235 e. The molecule has 3 rings (SSSR count). The van der Waals surface area contributed by atoms with E-state index in [4.69, 9.17) is 14.0 Å². The number of aryl methyl sites for hydroxylation is 1. The summed E-state index contributed by atoms with van der Waals surface area (Å²) >= 11 is 0. The van der Waals surface area contributed by atoms with Crippen molar-refractivity contribution in [1.82, 2.24) is 0 Å². The van der Waals surface area contributed by atoms with Crippen LogP contribution in [0.2, 0.25) is 0 Å². The SMILES string of the molecule is CC(=NOCc1c(C(C)C)cc(C(C)C)cc1C(C)C)c1ccc(OCC(=O)c2ccc(C)o2)cc1. The van der Waals surface area contributed by atoms with Crippen molar-refractivity contribution in [3.63, 3.8) is 0 Å². The highest BCUT2D eigenvalue weighted by molar-refractivity contribution is 5.98. The maximum Gasteiger partial charge on any atom is 0.235 e. The Bertz CT molecular complexity index is 1170. The fourth-order valence-corrected chi connectivity index (χ4v) is 4.12. The molecule has 5 heteroatoms. The largest absolute Gasteiger partial charge is 0.485 e. The predicted molar refractivity (Wildman–Crippen MR) is 145 cm³/mol. The second kappa shape index (κ2) is 12.1. The van der Waals surface area contributed by atoms with Crippen molar-refractivity contribution in [3.8, 4) is 5.75 Å². The van der Waals surface area contributed by atoms with Gasteiger partial charge in [0.2, 0.25) is 5.78 Å². The van der Waals surface area contributed by atoms with Gasteiger partial charge in [0.25, 0.3) is 0 Å². The molecule has 0 unspecified atom stereocenters. The van der Waals surface area contributed by atoms with Crippen LogP contribution in [0, 0.1) is 6.92 Å². The van der Waals surface area contributed by atoms with Crippen LogP contribution in [0.5, 0.6) is 5.75 Å². The number of oxime groups is 1. The molecule has 0 bridgehead atoms. The molecular formula is C31H39NO4. The lowest BCUT2D eigenvalue weighted by Gasteiger charge is -2.22. The van der Waals surface area contributed by atoms with E-state index in [0.717, 1.165) is 11.3 Å². The van der Waals surface area contributed by atoms with Crippen molar-refractivity contribution >= 4 is 11.5 Å². The van der Waals surface area contributed by atoms with Gasteiger partial charge in [0.15, 0.2) is 12.4 Å². The lowest BCUT2D eigenvalue weighted by molar-refractivity contribution is 0.0892. The topological polar surface area (TPSA) is 61.0 Å². The van der Waals surface area contributed by atoms with Gasteiger partial charge in [-0.1, -0.05) is 58.8 Å². The van der Waals surface area contributed by atoms with Crippen molar-refractivity contribution in [3.05, 3.63) is 87.9 Å². The van der Waals surface area contributed by atoms with Crippen molar-refractivity contribution < 1.29 is 18.8 Å². The number of nitrogens with zero attached hydrogens (tertiary/aromatic N) is 1. The molecule has 1 heterocycles. The van der Waals surface area contributed by atoms with Gasteiger partial charge in [-0.15, -0.1) is 0 Å². The number of carbonyl (C=O) groups is 1. The molecule has 36 heavy (non-hydrogen) atoms. The van der Waals surface area contributed by atoms with E-state index in [1.165, 1.54) is 22.3 Å². The summed E-state index contributed by atoms with van der Waals surface area (Å²) < 4.78 is 11.0. The van der Waals surface area contributed by atoms with E-state index >= 15 is 0 Å². The molecule has 2 aromatic carbocycles. The summed E-state index contributed by atoms with van der Waals surface area (Å²) in [7, 11) is 0. The Morgan fingerprint density at radius 2 is 1.50 bits per heavy atom. The summed E-state index contributed by atoms with van der Waals surface area (Å²) in [5.41, 5.74) is 6.98. The van der Waals surface area contributed by atoms with Crippen LogP contribution in [0.15, 0.2) is 58.1 Å². The maximum absolute atomic E-state index is 12.2. The molecule has 5 nitrogen and oxygen atoms in total. The molecule has 0 N–H and O–H groups in total. The minimum absolute atomic E-state index is 0.0749. The highest BCUT2D eigenvalue weighted by Crippen LogP contribution is 2.32. The van der Waals surface area contributed by atoms with Crippen LogP contribution in [-0.2, 0) is 11.4 Å². The van der Waals surface area contributed by atoms with Crippen LogP contribution in [0.3, 0.4) is 0 Å². The van der Waals surface area contributed by atoms with Crippen LogP contribution < -0.4 is 4.74 Å². The number of benzene rings is 2. The zero-order valence-corrected chi connectivity index (χ0v) is 22.8. The molecule has 0 fully saturated rings. The molecular weight excluding hydrogens is 450 g/mol. The molecule has 0 radical (unpaired) electrons. The number of carbonyl (C=O) groups excluding carboxylic acids is 1. The third-order valence-electron chi connectivity index (χ3n) is 6.32. The highest BCUT2D eigenvalue weighted by Gasteiger charge is 2.18. The van der Waals surface area contributed by atoms with Crippen molar-refractivity contribution in [2.24, 2.45) is 5.16 Å². The van der Waals surface area contributed by atoms with E-state index < -0.39 is 0 Å². The first-order valence-corrected chi connectivity index (χ1v) is 12.7. The Morgan fingerprint density at radius 1 is 0.889 bits per heavy atom. The zero-order chi connectivity index (χ0) is 26.4. The minimum atomic E-state index is -0.193. The number of Topliss-reactive ketones (excluding diaryl/α,β-unsaturated/α-hetero) is 1. The van der Waals surface area contributed by atoms with Gasteiger partial charge in [-0.3, -0.25) is 4.79 Å². The monoisotopic (exact) mass is 489 g/mol.